The molecule has 0 bridgehead atoms. The molecule has 4 nitrogen and oxygen atoms in total. The van der Waals surface area contributed by atoms with E-state index in [1.165, 1.54) is 6.42 Å². The molecule has 0 aliphatic carbocycles. The van der Waals surface area contributed by atoms with Gasteiger partial charge < -0.3 is 4.74 Å². The van der Waals surface area contributed by atoms with Crippen LogP contribution < -0.4 is 9.30 Å². The Balaban J connectivity index is 2.07. The predicted octanol–water partition coefficient (Wildman–Crippen LogP) is 1.44. The molecule has 0 saturated carbocycles. The third-order valence-electron chi connectivity index (χ3n) is 2.88. The molecule has 1 aromatic heterocycles. The fraction of sp³-hybridized carbons (Fsp3) is 0.500. The molecule has 16 heavy (non-hydrogen) atoms. The minimum Gasteiger partial charge on any atom is -0.496 e. The topological polar surface area (TPSA) is 33.4 Å². The molecular formula is C12H17N2O2+. The van der Waals surface area contributed by atoms with Gasteiger partial charge in [-0.3, -0.25) is 0 Å². The maximum absolute atomic E-state index is 12.0. The highest BCUT2D eigenvalue weighted by Crippen LogP contribution is 2.09. The summed E-state index contributed by atoms with van der Waals surface area (Å²) in [6.07, 6.45) is 6.95. The molecule has 0 atom stereocenters. The number of aromatic nitrogens is 1. The Bertz CT molecular complexity index is 356. The lowest BCUT2D eigenvalue weighted by molar-refractivity contribution is -0.578. The zero-order chi connectivity index (χ0) is 11.4. The van der Waals surface area contributed by atoms with Crippen molar-refractivity contribution in [3.8, 4) is 5.75 Å². The molecule has 0 aromatic carbocycles. The summed E-state index contributed by atoms with van der Waals surface area (Å²) in [4.78, 5) is 13.9. The number of nitrogens with zero attached hydrogens (tertiary/aromatic N) is 2. The van der Waals surface area contributed by atoms with E-state index in [2.05, 4.69) is 0 Å². The largest absolute Gasteiger partial charge is 0.497 e. The lowest BCUT2D eigenvalue weighted by atomic mass is 10.1. The lowest BCUT2D eigenvalue weighted by Crippen LogP contribution is -2.53. The fourth-order valence-electron chi connectivity index (χ4n) is 1.92. The summed E-state index contributed by atoms with van der Waals surface area (Å²) in [5.41, 5.74) is 0. The van der Waals surface area contributed by atoms with Crippen molar-refractivity contribution in [3.63, 3.8) is 0 Å². The molecule has 1 fully saturated rings. The number of piperidine rings is 1. The summed E-state index contributed by atoms with van der Waals surface area (Å²) >= 11 is 0. The molecular weight excluding hydrogens is 204 g/mol. The van der Waals surface area contributed by atoms with Crippen LogP contribution in [0.25, 0.3) is 0 Å². The van der Waals surface area contributed by atoms with Gasteiger partial charge >= 0.3 is 6.03 Å². The average Bonchev–Trinajstić information content (AvgIpc) is 2.39. The normalized spacial score (nSPS) is 15.9. The third kappa shape index (κ3) is 2.32. The summed E-state index contributed by atoms with van der Waals surface area (Å²) in [6, 6.07) is 3.64. The first kappa shape index (κ1) is 10.9. The molecule has 4 heteroatoms. The van der Waals surface area contributed by atoms with Crippen LogP contribution in [0.4, 0.5) is 4.79 Å². The molecule has 0 unspecified atom stereocenters. The molecule has 1 aliphatic rings. The van der Waals surface area contributed by atoms with Crippen LogP contribution in [0.5, 0.6) is 5.75 Å². The van der Waals surface area contributed by atoms with E-state index < -0.39 is 0 Å². The van der Waals surface area contributed by atoms with Gasteiger partial charge in [-0.15, -0.1) is 0 Å². The van der Waals surface area contributed by atoms with E-state index in [9.17, 15) is 4.79 Å². The van der Waals surface area contributed by atoms with Gasteiger partial charge in [0.25, 0.3) is 0 Å². The Kier molecular flexibility index (Phi) is 3.39. The van der Waals surface area contributed by atoms with Gasteiger partial charge in [0.2, 0.25) is 0 Å². The van der Waals surface area contributed by atoms with Crippen LogP contribution in [0.1, 0.15) is 19.3 Å². The lowest BCUT2D eigenvalue weighted by Gasteiger charge is -2.19. The van der Waals surface area contributed by atoms with Gasteiger partial charge in [0.1, 0.15) is 18.1 Å². The first-order chi connectivity index (χ1) is 7.81. The Labute approximate surface area is 95.4 Å². The first-order valence-electron chi connectivity index (χ1n) is 5.66. The number of carbonyl (C=O) groups is 1. The van der Waals surface area contributed by atoms with Crippen LogP contribution in [-0.4, -0.2) is 31.1 Å². The summed E-state index contributed by atoms with van der Waals surface area (Å²) in [6.45, 7) is 1.75. The van der Waals surface area contributed by atoms with Crippen molar-refractivity contribution >= 4 is 6.03 Å². The minimum atomic E-state index is 0.0577. The summed E-state index contributed by atoms with van der Waals surface area (Å²) in [5.74, 6) is 0.766. The zero-order valence-corrected chi connectivity index (χ0v) is 9.56. The van der Waals surface area contributed by atoms with E-state index >= 15 is 0 Å². The van der Waals surface area contributed by atoms with Gasteiger partial charge in [0, 0.05) is 12.1 Å². The summed E-state index contributed by atoms with van der Waals surface area (Å²) in [7, 11) is 1.62. The van der Waals surface area contributed by atoms with Crippen molar-refractivity contribution < 1.29 is 14.1 Å². The van der Waals surface area contributed by atoms with Gasteiger partial charge in [-0.05, 0) is 19.3 Å². The Hall–Kier alpha value is -1.58. The number of hydrogen-bond acceptors (Lipinski definition) is 2. The maximum Gasteiger partial charge on any atom is 0.497 e. The van der Waals surface area contributed by atoms with Crippen LogP contribution in [0.2, 0.25) is 0 Å². The minimum absolute atomic E-state index is 0.0577. The van der Waals surface area contributed by atoms with Crippen molar-refractivity contribution in [1.82, 2.24) is 4.90 Å². The number of likely N-dealkylation sites (tertiary alicyclic amines) is 1. The van der Waals surface area contributed by atoms with Gasteiger partial charge in [-0.1, -0.05) is 0 Å². The molecule has 0 N–H and O–H groups in total. The standard InChI is InChI=1S/C12H17N2O2/c1-16-11-5-9-14(10-6-11)12(15)13-7-3-2-4-8-13/h5-6,9-10H,2-4,7-8H2,1H3/q+1. The Morgan fingerprint density at radius 3 is 2.44 bits per heavy atom. The smallest absolute Gasteiger partial charge is 0.496 e. The molecule has 1 saturated heterocycles. The van der Waals surface area contributed by atoms with E-state index in [1.807, 2.05) is 4.90 Å². The predicted molar refractivity (Wildman–Crippen MR) is 59.4 cm³/mol. The summed E-state index contributed by atoms with van der Waals surface area (Å²) < 4.78 is 6.66. The summed E-state index contributed by atoms with van der Waals surface area (Å²) in [5, 5.41) is 0. The van der Waals surface area contributed by atoms with E-state index in [0.29, 0.717) is 0 Å². The highest BCUT2D eigenvalue weighted by atomic mass is 16.5. The number of ether oxygens (including phenoxy) is 1. The SMILES string of the molecule is COc1cc[n+](C(=O)N2CCCCC2)cc1. The van der Waals surface area contributed by atoms with Gasteiger partial charge in [-0.25, -0.2) is 4.90 Å². The van der Waals surface area contributed by atoms with E-state index in [-0.39, 0.29) is 6.03 Å². The highest BCUT2D eigenvalue weighted by molar-refractivity contribution is 5.64. The molecule has 0 spiro atoms. The van der Waals surface area contributed by atoms with E-state index in [1.54, 1.807) is 36.2 Å². The van der Waals surface area contributed by atoms with Crippen LogP contribution in [0.3, 0.4) is 0 Å². The fourth-order valence-corrected chi connectivity index (χ4v) is 1.92. The highest BCUT2D eigenvalue weighted by Gasteiger charge is 2.25. The van der Waals surface area contributed by atoms with E-state index in [4.69, 9.17) is 4.74 Å². The van der Waals surface area contributed by atoms with Crippen LogP contribution in [0.15, 0.2) is 24.5 Å². The molecule has 0 radical (unpaired) electrons. The average molecular weight is 221 g/mol. The molecule has 86 valence electrons. The monoisotopic (exact) mass is 221 g/mol. The van der Waals surface area contributed by atoms with Crippen LogP contribution in [-0.2, 0) is 0 Å². The van der Waals surface area contributed by atoms with Crippen molar-refractivity contribution in [2.45, 2.75) is 19.3 Å². The Morgan fingerprint density at radius 2 is 1.88 bits per heavy atom. The van der Waals surface area contributed by atoms with Crippen LogP contribution in [0, 0.1) is 0 Å². The van der Waals surface area contributed by atoms with Gasteiger partial charge in [0.15, 0.2) is 0 Å². The quantitative estimate of drug-likeness (QED) is 0.672. The van der Waals surface area contributed by atoms with Crippen molar-refractivity contribution in [2.24, 2.45) is 0 Å². The number of amides is 1. The number of carbonyl (C=O) groups excluding carboxylic acids is 1. The van der Waals surface area contributed by atoms with Crippen molar-refractivity contribution in [3.05, 3.63) is 24.5 Å². The van der Waals surface area contributed by atoms with Gasteiger partial charge in [0.05, 0.1) is 20.2 Å². The first-order valence-corrected chi connectivity index (χ1v) is 5.66. The van der Waals surface area contributed by atoms with Crippen molar-refractivity contribution in [1.29, 1.82) is 0 Å². The number of rotatable bonds is 1. The molecule has 1 aromatic rings. The number of hydrogen-bond donors (Lipinski definition) is 0. The molecule has 1 amide bonds. The Morgan fingerprint density at radius 1 is 1.25 bits per heavy atom. The maximum atomic E-state index is 12.0. The third-order valence-corrected chi connectivity index (χ3v) is 2.88. The zero-order valence-electron chi connectivity index (χ0n) is 9.56. The number of methoxy groups -OCH3 is 1. The molecule has 1 aliphatic heterocycles. The second-order valence-corrected chi connectivity index (χ2v) is 3.98. The van der Waals surface area contributed by atoms with Crippen LogP contribution >= 0.6 is 0 Å². The second kappa shape index (κ2) is 4.96. The second-order valence-electron chi connectivity index (χ2n) is 3.98. The van der Waals surface area contributed by atoms with E-state index in [0.717, 1.165) is 31.7 Å². The number of pyridine rings is 1. The molecule has 2 heterocycles. The molecule has 2 rings (SSSR count). The van der Waals surface area contributed by atoms with Crippen molar-refractivity contribution in [2.75, 3.05) is 20.2 Å². The van der Waals surface area contributed by atoms with Gasteiger partial charge in [-0.2, -0.15) is 9.36 Å².